The Labute approximate surface area is 182 Å². The van der Waals surface area contributed by atoms with Gasteiger partial charge in [-0.15, -0.1) is 0 Å². The third kappa shape index (κ3) is 4.10. The van der Waals surface area contributed by atoms with Gasteiger partial charge in [0, 0.05) is 18.7 Å². The average molecular weight is 433 g/mol. The van der Waals surface area contributed by atoms with Gasteiger partial charge in [0.1, 0.15) is 5.56 Å². The fraction of sp³-hybridized carbons (Fsp3) is 0.130. The van der Waals surface area contributed by atoms with E-state index in [2.05, 4.69) is 15.3 Å². The molecule has 156 valence electrons. The van der Waals surface area contributed by atoms with Crippen molar-refractivity contribution in [1.82, 2.24) is 14.9 Å². The van der Waals surface area contributed by atoms with Crippen molar-refractivity contribution < 1.29 is 9.90 Å². The largest absolute Gasteiger partial charge is 0.494 e. The molecule has 0 spiro atoms. The second kappa shape index (κ2) is 8.53. The smallest absolute Gasteiger partial charge is 0.262 e. The minimum Gasteiger partial charge on any atom is -0.494 e. The molecule has 0 atom stereocenters. The van der Waals surface area contributed by atoms with Crippen LogP contribution in [0.4, 0.5) is 0 Å². The van der Waals surface area contributed by atoms with Crippen LogP contribution in [0, 0.1) is 4.77 Å². The highest BCUT2D eigenvalue weighted by atomic mass is 32.1. The highest BCUT2D eigenvalue weighted by Gasteiger charge is 2.17. The Morgan fingerprint density at radius 2 is 1.90 bits per heavy atom. The summed E-state index contributed by atoms with van der Waals surface area (Å²) in [5, 5.41) is 15.4. The van der Waals surface area contributed by atoms with E-state index in [1.807, 2.05) is 42.5 Å². The van der Waals surface area contributed by atoms with Crippen LogP contribution in [0.15, 0.2) is 70.1 Å². The van der Waals surface area contributed by atoms with Gasteiger partial charge < -0.3 is 10.4 Å². The van der Waals surface area contributed by atoms with Crippen molar-refractivity contribution in [3.63, 3.8) is 0 Å². The summed E-state index contributed by atoms with van der Waals surface area (Å²) in [6.07, 6.45) is 2.09. The zero-order chi connectivity index (χ0) is 22.0. The van der Waals surface area contributed by atoms with Crippen LogP contribution in [-0.2, 0) is 4.79 Å². The van der Waals surface area contributed by atoms with Crippen LogP contribution in [0.3, 0.4) is 0 Å². The number of nitrogens with zero attached hydrogens (tertiary/aromatic N) is 2. The highest BCUT2D eigenvalue weighted by Crippen LogP contribution is 2.25. The van der Waals surface area contributed by atoms with Crippen molar-refractivity contribution in [3.8, 4) is 11.6 Å². The number of rotatable bonds is 5. The number of carbonyl (C=O) groups excluding carboxylic acids is 1. The van der Waals surface area contributed by atoms with E-state index in [0.717, 1.165) is 16.1 Å². The summed E-state index contributed by atoms with van der Waals surface area (Å²) in [4.78, 5) is 31.2. The first-order chi connectivity index (χ1) is 15.0. The summed E-state index contributed by atoms with van der Waals surface area (Å²) in [5.74, 6) is -0.381. The van der Waals surface area contributed by atoms with Gasteiger partial charge in [-0.1, -0.05) is 36.4 Å². The summed E-state index contributed by atoms with van der Waals surface area (Å²) in [6, 6.07) is 16.7. The molecular weight excluding hydrogens is 412 g/mol. The Balaban J connectivity index is 1.86. The van der Waals surface area contributed by atoms with Gasteiger partial charge in [0.25, 0.3) is 5.56 Å². The van der Waals surface area contributed by atoms with Crippen LogP contribution in [0.1, 0.15) is 18.9 Å². The molecule has 1 aromatic heterocycles. The van der Waals surface area contributed by atoms with Crippen LogP contribution in [0.2, 0.25) is 0 Å². The number of benzene rings is 2. The van der Waals surface area contributed by atoms with Crippen LogP contribution in [-0.4, -0.2) is 27.1 Å². The van der Waals surface area contributed by atoms with Crippen molar-refractivity contribution in [3.05, 3.63) is 91.6 Å². The van der Waals surface area contributed by atoms with E-state index in [1.54, 1.807) is 18.2 Å². The molecule has 3 N–H and O–H groups in total. The quantitative estimate of drug-likeness (QED) is 0.537. The molecule has 0 unspecified atom stereocenters. The number of H-pyrrole nitrogens is 1. The molecule has 0 saturated carbocycles. The fourth-order valence-electron chi connectivity index (χ4n) is 3.53. The number of aromatic amines is 1. The molecule has 0 aliphatic carbocycles. The molecule has 1 aliphatic heterocycles. The van der Waals surface area contributed by atoms with E-state index in [9.17, 15) is 14.7 Å². The summed E-state index contributed by atoms with van der Waals surface area (Å²) >= 11 is 5.27. The van der Waals surface area contributed by atoms with Gasteiger partial charge in [-0.25, -0.2) is 4.99 Å². The summed E-state index contributed by atoms with van der Waals surface area (Å²) in [5.41, 5.74) is 1.62. The molecule has 8 heteroatoms. The van der Waals surface area contributed by atoms with Crippen LogP contribution < -0.4 is 21.5 Å². The van der Waals surface area contributed by atoms with Gasteiger partial charge in [-0.3, -0.25) is 19.1 Å². The summed E-state index contributed by atoms with van der Waals surface area (Å²) in [7, 11) is 0. The van der Waals surface area contributed by atoms with E-state index in [1.165, 1.54) is 11.5 Å². The SMILES string of the molecule is CC(=O)NCCC1=c2ccccc2=NC1=Cc1c(O)n(-c2ccccc2)c(=S)[nH]c1=O. The van der Waals surface area contributed by atoms with Crippen molar-refractivity contribution in [2.45, 2.75) is 13.3 Å². The standard InChI is InChI=1S/C23H20N4O3S/c1-14(28)24-12-11-17-16-9-5-6-10-19(16)25-20(17)13-18-21(29)26-23(31)27(22(18)30)15-7-3-2-4-8-15/h2-10,13,30H,11-12H2,1H3,(H,24,28)(H,26,29,31). The van der Waals surface area contributed by atoms with Crippen LogP contribution in [0.25, 0.3) is 17.3 Å². The molecule has 7 nitrogen and oxygen atoms in total. The van der Waals surface area contributed by atoms with Gasteiger partial charge in [-0.05, 0) is 48.5 Å². The number of hydrogen-bond donors (Lipinski definition) is 3. The third-order valence-corrected chi connectivity index (χ3v) is 5.23. The second-order valence-corrected chi connectivity index (χ2v) is 7.42. The number of allylic oxidation sites excluding steroid dienone is 1. The lowest BCUT2D eigenvalue weighted by molar-refractivity contribution is -0.118. The minimum atomic E-state index is -0.505. The molecular formula is C23H20N4O3S. The van der Waals surface area contributed by atoms with E-state index in [4.69, 9.17) is 12.2 Å². The summed E-state index contributed by atoms with van der Waals surface area (Å²) in [6.45, 7) is 1.90. The van der Waals surface area contributed by atoms with Gasteiger partial charge >= 0.3 is 0 Å². The maximum absolute atomic E-state index is 12.7. The average Bonchev–Trinajstić information content (AvgIpc) is 3.09. The van der Waals surface area contributed by atoms with Gasteiger partial charge in [0.2, 0.25) is 11.8 Å². The first kappa shape index (κ1) is 20.5. The van der Waals surface area contributed by atoms with Crippen LogP contribution in [0.5, 0.6) is 5.88 Å². The molecule has 2 aromatic carbocycles. The second-order valence-electron chi connectivity index (χ2n) is 7.04. The van der Waals surface area contributed by atoms with E-state index in [-0.39, 0.29) is 22.1 Å². The lowest BCUT2D eigenvalue weighted by atomic mass is 10.1. The molecule has 3 aromatic rings. The summed E-state index contributed by atoms with van der Waals surface area (Å²) < 4.78 is 1.50. The maximum Gasteiger partial charge on any atom is 0.262 e. The number of amides is 1. The Bertz CT molecular complexity index is 1440. The molecule has 0 bridgehead atoms. The molecule has 2 heterocycles. The number of nitrogens with one attached hydrogen (secondary N) is 2. The number of aromatic nitrogens is 2. The topological polar surface area (TPSA) is 99.5 Å². The van der Waals surface area contributed by atoms with Crippen molar-refractivity contribution >= 4 is 29.8 Å². The highest BCUT2D eigenvalue weighted by molar-refractivity contribution is 7.71. The lowest BCUT2D eigenvalue weighted by Crippen LogP contribution is -2.25. The Morgan fingerprint density at radius 1 is 1.19 bits per heavy atom. The number of fused-ring (bicyclic) bond motifs is 1. The molecule has 1 amide bonds. The first-order valence-corrected chi connectivity index (χ1v) is 10.1. The Kier molecular flexibility index (Phi) is 5.64. The van der Waals surface area contributed by atoms with Gasteiger partial charge in [0.15, 0.2) is 4.77 Å². The predicted octanol–water partition coefficient (Wildman–Crippen LogP) is 1.95. The van der Waals surface area contributed by atoms with Crippen molar-refractivity contribution in [1.29, 1.82) is 0 Å². The fourth-order valence-corrected chi connectivity index (χ4v) is 3.81. The normalized spacial score (nSPS) is 13.7. The number of hydrogen-bond acceptors (Lipinski definition) is 5. The lowest BCUT2D eigenvalue weighted by Gasteiger charge is -2.12. The molecule has 0 fully saturated rings. The molecule has 31 heavy (non-hydrogen) atoms. The molecule has 0 saturated heterocycles. The molecule has 4 rings (SSSR count). The van der Waals surface area contributed by atoms with Crippen LogP contribution >= 0.6 is 12.2 Å². The molecule has 0 radical (unpaired) electrons. The Morgan fingerprint density at radius 3 is 2.65 bits per heavy atom. The van der Waals surface area contributed by atoms with Crippen molar-refractivity contribution in [2.75, 3.05) is 6.54 Å². The third-order valence-electron chi connectivity index (χ3n) is 4.94. The monoisotopic (exact) mass is 432 g/mol. The van der Waals surface area contributed by atoms with Gasteiger partial charge in [-0.2, -0.15) is 0 Å². The first-order valence-electron chi connectivity index (χ1n) is 9.73. The predicted molar refractivity (Wildman–Crippen MR) is 121 cm³/mol. The van der Waals surface area contributed by atoms with Gasteiger partial charge in [0.05, 0.1) is 16.7 Å². The number of carbonyl (C=O) groups is 1. The number of para-hydroxylation sites is 2. The maximum atomic E-state index is 12.7. The van der Waals surface area contributed by atoms with E-state index < -0.39 is 5.56 Å². The zero-order valence-corrected chi connectivity index (χ0v) is 17.6. The minimum absolute atomic E-state index is 0.0565. The van der Waals surface area contributed by atoms with E-state index in [0.29, 0.717) is 24.4 Å². The van der Waals surface area contributed by atoms with Crippen molar-refractivity contribution in [2.24, 2.45) is 4.99 Å². The molecule has 1 aliphatic rings. The Hall–Kier alpha value is -3.78. The van der Waals surface area contributed by atoms with E-state index >= 15 is 0 Å². The zero-order valence-electron chi connectivity index (χ0n) is 16.8. The number of aromatic hydroxyl groups is 1.